The lowest BCUT2D eigenvalue weighted by Crippen LogP contribution is -2.16. The maximum atomic E-state index is 12.5. The highest BCUT2D eigenvalue weighted by Gasteiger charge is 2.36. The Labute approximate surface area is 116 Å². The lowest BCUT2D eigenvalue weighted by molar-refractivity contribution is -0.355. The summed E-state index contributed by atoms with van der Waals surface area (Å²) in [5, 5.41) is 12.3. The van der Waals surface area contributed by atoms with Crippen LogP contribution >= 0.6 is 0 Å². The van der Waals surface area contributed by atoms with Gasteiger partial charge in [0.15, 0.2) is 0 Å². The Kier molecular flexibility index (Phi) is 2.79. The van der Waals surface area contributed by atoms with Crippen LogP contribution in [0.25, 0.3) is 0 Å². The molecule has 1 aliphatic rings. The van der Waals surface area contributed by atoms with Crippen molar-refractivity contribution in [1.29, 1.82) is 0 Å². The van der Waals surface area contributed by atoms with Crippen LogP contribution in [0.3, 0.4) is 0 Å². The van der Waals surface area contributed by atoms with E-state index in [4.69, 9.17) is 4.74 Å². The van der Waals surface area contributed by atoms with Crippen LogP contribution in [0.1, 0.15) is 21.5 Å². The van der Waals surface area contributed by atoms with Crippen molar-refractivity contribution in [1.82, 2.24) is 0 Å². The van der Waals surface area contributed by atoms with Crippen molar-refractivity contribution in [3.05, 3.63) is 64.4 Å². The van der Waals surface area contributed by atoms with Gasteiger partial charge < -0.3 is 9.94 Å². The van der Waals surface area contributed by atoms with Gasteiger partial charge in [0.05, 0.1) is 12.7 Å². The fourth-order valence-electron chi connectivity index (χ4n) is 2.38. The molecule has 0 bridgehead atoms. The second kappa shape index (κ2) is 4.49. The number of fused-ring (bicyclic) bond motifs is 1. The average Bonchev–Trinajstić information content (AvgIpc) is 2.70. The normalized spacial score (nSPS) is 13.6. The second-order valence-electron chi connectivity index (χ2n) is 4.72. The molecule has 0 atom stereocenters. The van der Waals surface area contributed by atoms with Crippen molar-refractivity contribution in [3.63, 3.8) is 0 Å². The Morgan fingerprint density at radius 3 is 2.65 bits per heavy atom. The summed E-state index contributed by atoms with van der Waals surface area (Å²) >= 11 is 0. The van der Waals surface area contributed by atoms with E-state index in [0.717, 1.165) is 5.56 Å². The largest absolute Gasteiger partial charge is 0.618 e. The summed E-state index contributed by atoms with van der Waals surface area (Å²) in [5.74, 6) is 0.301. The summed E-state index contributed by atoms with van der Waals surface area (Å²) in [5.41, 5.74) is 2.56. The SMILES string of the molecule is COc1ccc2c(c1)C(=O)C(c1cccc(C)c1)=[N+]2[O-]. The van der Waals surface area contributed by atoms with E-state index in [1.54, 1.807) is 24.3 Å². The first kappa shape index (κ1) is 12.4. The number of hydrogen-bond donors (Lipinski definition) is 0. The summed E-state index contributed by atoms with van der Waals surface area (Å²) in [6.45, 7) is 1.93. The number of ether oxygens (including phenoxy) is 1. The average molecular weight is 267 g/mol. The van der Waals surface area contributed by atoms with Crippen LogP contribution in [0.5, 0.6) is 5.75 Å². The highest BCUT2D eigenvalue weighted by atomic mass is 16.5. The van der Waals surface area contributed by atoms with E-state index >= 15 is 0 Å². The Morgan fingerprint density at radius 2 is 1.95 bits per heavy atom. The van der Waals surface area contributed by atoms with Crippen LogP contribution in [0.4, 0.5) is 5.69 Å². The molecule has 100 valence electrons. The van der Waals surface area contributed by atoms with Crippen LogP contribution in [0.15, 0.2) is 42.5 Å². The topological polar surface area (TPSA) is 52.4 Å². The quantitative estimate of drug-likeness (QED) is 0.621. The van der Waals surface area contributed by atoms with Crippen molar-refractivity contribution >= 4 is 17.2 Å². The van der Waals surface area contributed by atoms with Crippen LogP contribution in [-0.2, 0) is 0 Å². The first-order valence-electron chi connectivity index (χ1n) is 6.26. The first-order valence-corrected chi connectivity index (χ1v) is 6.26. The third-order valence-electron chi connectivity index (χ3n) is 3.38. The Bertz CT molecular complexity index is 747. The number of carbonyl (C=O) groups is 1. The minimum absolute atomic E-state index is 0.164. The number of nitrogens with zero attached hydrogens (tertiary/aromatic N) is 1. The molecule has 0 radical (unpaired) electrons. The van der Waals surface area contributed by atoms with Crippen LogP contribution < -0.4 is 4.74 Å². The molecule has 1 aliphatic heterocycles. The molecule has 4 heteroatoms. The third kappa shape index (κ3) is 1.77. The number of Topliss-reactive ketones (excluding diaryl/α,β-unsaturated/α-hetero) is 1. The second-order valence-corrected chi connectivity index (χ2v) is 4.72. The van der Waals surface area contributed by atoms with Crippen molar-refractivity contribution in [2.45, 2.75) is 6.92 Å². The molecule has 1 heterocycles. The van der Waals surface area contributed by atoms with Gasteiger partial charge >= 0.3 is 0 Å². The summed E-state index contributed by atoms with van der Waals surface area (Å²) < 4.78 is 5.80. The van der Waals surface area contributed by atoms with Crippen LogP contribution in [0.2, 0.25) is 0 Å². The molecule has 0 unspecified atom stereocenters. The van der Waals surface area contributed by atoms with Gasteiger partial charge in [-0.25, -0.2) is 0 Å². The van der Waals surface area contributed by atoms with Crippen LogP contribution in [-0.4, -0.2) is 23.3 Å². The van der Waals surface area contributed by atoms with E-state index in [1.165, 1.54) is 7.11 Å². The molecule has 0 aromatic heterocycles. The molecule has 20 heavy (non-hydrogen) atoms. The molecule has 0 fully saturated rings. The molecular formula is C16H13NO3. The van der Waals surface area contributed by atoms with Crippen LogP contribution in [0, 0.1) is 12.1 Å². The van der Waals surface area contributed by atoms with Crippen molar-refractivity contribution < 1.29 is 14.3 Å². The summed E-state index contributed by atoms with van der Waals surface area (Å²) in [7, 11) is 1.53. The number of aryl methyl sites for hydroxylation is 1. The zero-order valence-corrected chi connectivity index (χ0v) is 11.2. The molecular weight excluding hydrogens is 254 g/mol. The van der Waals surface area contributed by atoms with E-state index in [1.807, 2.05) is 25.1 Å². The fraction of sp³-hybridized carbons (Fsp3) is 0.125. The molecule has 0 saturated carbocycles. The van der Waals surface area contributed by atoms with Crippen molar-refractivity contribution in [3.8, 4) is 5.75 Å². The maximum Gasteiger partial charge on any atom is 0.272 e. The van der Waals surface area contributed by atoms with Gasteiger partial charge in [0.2, 0.25) is 5.69 Å². The van der Waals surface area contributed by atoms with Gasteiger partial charge in [-0.1, -0.05) is 17.7 Å². The van der Waals surface area contributed by atoms with E-state index in [0.29, 0.717) is 27.3 Å². The molecule has 2 aromatic rings. The molecule has 0 N–H and O–H groups in total. The summed E-state index contributed by atoms with van der Waals surface area (Å²) in [6.07, 6.45) is 0. The zero-order valence-electron chi connectivity index (χ0n) is 11.2. The number of carbonyl (C=O) groups excluding carboxylic acids is 1. The monoisotopic (exact) mass is 267 g/mol. The van der Waals surface area contributed by atoms with Gasteiger partial charge in [0.1, 0.15) is 11.3 Å². The molecule has 0 saturated heterocycles. The van der Waals surface area contributed by atoms with E-state index in [2.05, 4.69) is 0 Å². The van der Waals surface area contributed by atoms with E-state index in [-0.39, 0.29) is 11.5 Å². The van der Waals surface area contributed by atoms with E-state index in [9.17, 15) is 10.0 Å². The third-order valence-corrected chi connectivity index (χ3v) is 3.38. The number of hydrogen-bond acceptors (Lipinski definition) is 3. The Balaban J connectivity index is 2.16. The standard InChI is InChI=1S/C16H13NO3/c1-10-4-3-5-11(8-10)15-16(18)13-9-12(20-2)6-7-14(13)17(15)19/h3-9H,1-2H3. The van der Waals surface area contributed by atoms with Gasteiger partial charge in [-0.2, -0.15) is 4.74 Å². The molecule has 2 aromatic carbocycles. The first-order chi connectivity index (χ1) is 9.61. The Hall–Kier alpha value is -2.62. The molecule has 3 rings (SSSR count). The predicted octanol–water partition coefficient (Wildman–Crippen LogP) is 2.83. The number of ketones is 1. The fourth-order valence-corrected chi connectivity index (χ4v) is 2.38. The molecule has 4 nitrogen and oxygen atoms in total. The smallest absolute Gasteiger partial charge is 0.272 e. The lowest BCUT2D eigenvalue weighted by Gasteiger charge is -2.03. The maximum absolute atomic E-state index is 12.5. The predicted molar refractivity (Wildman–Crippen MR) is 75.9 cm³/mol. The summed E-state index contributed by atoms with van der Waals surface area (Å²) in [6, 6.07) is 12.3. The highest BCUT2D eigenvalue weighted by Crippen LogP contribution is 2.31. The minimum Gasteiger partial charge on any atom is -0.618 e. The minimum atomic E-state index is -0.264. The number of rotatable bonds is 2. The van der Waals surface area contributed by atoms with Crippen molar-refractivity contribution in [2.75, 3.05) is 7.11 Å². The summed E-state index contributed by atoms with van der Waals surface area (Å²) in [4.78, 5) is 12.5. The van der Waals surface area contributed by atoms with Gasteiger partial charge in [-0.3, -0.25) is 4.79 Å². The highest BCUT2D eigenvalue weighted by molar-refractivity contribution is 6.52. The lowest BCUT2D eigenvalue weighted by atomic mass is 10.0. The number of benzene rings is 2. The molecule has 0 aliphatic carbocycles. The van der Waals surface area contributed by atoms with Gasteiger partial charge in [-0.15, -0.1) is 0 Å². The van der Waals surface area contributed by atoms with Gasteiger partial charge in [-0.05, 0) is 31.2 Å². The Morgan fingerprint density at radius 1 is 1.15 bits per heavy atom. The molecule has 0 amide bonds. The molecule has 0 spiro atoms. The van der Waals surface area contributed by atoms with Gasteiger partial charge in [0, 0.05) is 6.07 Å². The zero-order chi connectivity index (χ0) is 14.3. The van der Waals surface area contributed by atoms with Crippen molar-refractivity contribution in [2.24, 2.45) is 0 Å². The van der Waals surface area contributed by atoms with E-state index < -0.39 is 0 Å². The van der Waals surface area contributed by atoms with Gasteiger partial charge in [0.25, 0.3) is 11.5 Å². The number of methoxy groups -OCH3 is 1.